The predicted molar refractivity (Wildman–Crippen MR) is 57.6 cm³/mol. The summed E-state index contributed by atoms with van der Waals surface area (Å²) >= 11 is 0. The minimum Gasteiger partial charge on any atom is -0.480 e. The molecule has 0 aliphatic carbocycles. The highest BCUT2D eigenvalue weighted by atomic mass is 19.1. The summed E-state index contributed by atoms with van der Waals surface area (Å²) in [5, 5.41) is 8.64. The molecule has 0 amide bonds. The number of carboxylic acid groups (broad SMARTS) is 1. The summed E-state index contributed by atoms with van der Waals surface area (Å²) < 4.78 is 13.1. The highest BCUT2D eigenvalue weighted by Gasteiger charge is 2.24. The van der Waals surface area contributed by atoms with Crippen LogP contribution in [0.5, 0.6) is 0 Å². The monoisotopic (exact) mass is 243 g/mol. The molecule has 7 heteroatoms. The SMILES string of the molecule is CO[N+](=O)c1ccc(F)cc1N(C)CC(=O)O. The van der Waals surface area contributed by atoms with E-state index in [1.165, 1.54) is 18.0 Å². The summed E-state index contributed by atoms with van der Waals surface area (Å²) in [6.45, 7) is -0.353. The molecule has 1 N–H and O–H groups in total. The van der Waals surface area contributed by atoms with Crippen LogP contribution in [0.4, 0.5) is 15.8 Å². The Bertz CT molecular complexity index is 450. The molecule has 0 saturated carbocycles. The first-order chi connectivity index (χ1) is 7.95. The quantitative estimate of drug-likeness (QED) is 0.790. The number of carbonyl (C=O) groups is 1. The van der Waals surface area contributed by atoms with E-state index in [1.54, 1.807) is 0 Å². The van der Waals surface area contributed by atoms with Gasteiger partial charge in [-0.05, 0) is 6.07 Å². The molecule has 6 nitrogen and oxygen atoms in total. The Morgan fingerprint density at radius 3 is 2.76 bits per heavy atom. The Labute approximate surface area is 96.7 Å². The molecule has 0 saturated heterocycles. The van der Waals surface area contributed by atoms with Crippen LogP contribution in [-0.4, -0.2) is 36.7 Å². The Kier molecular flexibility index (Phi) is 3.97. The molecule has 0 bridgehead atoms. The summed E-state index contributed by atoms with van der Waals surface area (Å²) in [5.74, 6) is -1.65. The summed E-state index contributed by atoms with van der Waals surface area (Å²) in [6, 6.07) is 3.39. The molecule has 17 heavy (non-hydrogen) atoms. The Balaban J connectivity index is 3.14. The molecule has 1 aromatic carbocycles. The molecule has 0 fully saturated rings. The second-order valence-electron chi connectivity index (χ2n) is 3.32. The van der Waals surface area contributed by atoms with Gasteiger partial charge in [0, 0.05) is 19.2 Å². The topological polar surface area (TPSA) is 69.9 Å². The highest BCUT2D eigenvalue weighted by Crippen LogP contribution is 2.28. The van der Waals surface area contributed by atoms with E-state index in [2.05, 4.69) is 4.84 Å². The van der Waals surface area contributed by atoms with Crippen molar-refractivity contribution in [2.75, 3.05) is 25.6 Å². The van der Waals surface area contributed by atoms with Crippen molar-refractivity contribution in [3.8, 4) is 0 Å². The zero-order valence-electron chi connectivity index (χ0n) is 9.38. The van der Waals surface area contributed by atoms with Gasteiger partial charge in [0.2, 0.25) is 0 Å². The predicted octanol–water partition coefficient (Wildman–Crippen LogP) is 1.32. The van der Waals surface area contributed by atoms with E-state index in [0.717, 1.165) is 19.2 Å². The van der Waals surface area contributed by atoms with Gasteiger partial charge in [-0.15, -0.1) is 0 Å². The summed E-state index contributed by atoms with van der Waals surface area (Å²) in [5.41, 5.74) is 0.182. The highest BCUT2D eigenvalue weighted by molar-refractivity contribution is 5.75. The van der Waals surface area contributed by atoms with Crippen molar-refractivity contribution in [2.24, 2.45) is 0 Å². The molecule has 0 aliphatic rings. The second kappa shape index (κ2) is 5.24. The van der Waals surface area contributed by atoms with E-state index in [0.29, 0.717) is 0 Å². The lowest BCUT2D eigenvalue weighted by atomic mass is 10.2. The van der Waals surface area contributed by atoms with E-state index in [1.807, 2.05) is 0 Å². The Hall–Kier alpha value is -2.18. The molecule has 92 valence electrons. The number of benzene rings is 1. The van der Waals surface area contributed by atoms with Crippen molar-refractivity contribution in [3.63, 3.8) is 0 Å². The lowest BCUT2D eigenvalue weighted by Crippen LogP contribution is -2.26. The lowest BCUT2D eigenvalue weighted by Gasteiger charge is -2.15. The number of carboxylic acids is 1. The number of aliphatic carboxylic acids is 1. The number of anilines is 1. The Morgan fingerprint density at radius 2 is 2.24 bits per heavy atom. The summed E-state index contributed by atoms with van der Waals surface area (Å²) in [7, 11) is 2.60. The van der Waals surface area contributed by atoms with Gasteiger partial charge in [-0.25, -0.2) is 9.23 Å². The Morgan fingerprint density at radius 1 is 1.59 bits per heavy atom. The van der Waals surface area contributed by atoms with Crippen LogP contribution < -0.4 is 4.90 Å². The van der Waals surface area contributed by atoms with Crippen molar-refractivity contribution in [1.82, 2.24) is 0 Å². The maximum Gasteiger partial charge on any atom is 0.339 e. The van der Waals surface area contributed by atoms with Crippen LogP contribution in [0.15, 0.2) is 18.2 Å². The van der Waals surface area contributed by atoms with E-state index in [4.69, 9.17) is 5.11 Å². The van der Waals surface area contributed by atoms with Crippen molar-refractivity contribution in [2.45, 2.75) is 0 Å². The molecule has 0 aliphatic heterocycles. The zero-order valence-corrected chi connectivity index (χ0v) is 9.38. The largest absolute Gasteiger partial charge is 0.480 e. The van der Waals surface area contributed by atoms with Crippen LogP contribution in [0.1, 0.15) is 0 Å². The maximum absolute atomic E-state index is 13.1. The number of nitrogens with zero attached hydrogens (tertiary/aromatic N) is 2. The fraction of sp³-hybridized carbons (Fsp3) is 0.300. The average molecular weight is 243 g/mol. The third kappa shape index (κ3) is 3.13. The number of halogens is 1. The third-order valence-corrected chi connectivity index (χ3v) is 2.08. The summed E-state index contributed by atoms with van der Waals surface area (Å²) in [4.78, 5) is 27.8. The van der Waals surface area contributed by atoms with Gasteiger partial charge in [-0.2, -0.15) is 0 Å². The van der Waals surface area contributed by atoms with E-state index >= 15 is 0 Å². The number of hydrogen-bond acceptors (Lipinski definition) is 4. The average Bonchev–Trinajstić information content (AvgIpc) is 2.27. The molecular formula is C10H12FN2O4+. The third-order valence-electron chi connectivity index (χ3n) is 2.08. The second-order valence-corrected chi connectivity index (χ2v) is 3.32. The molecule has 1 rings (SSSR count). The van der Waals surface area contributed by atoms with Crippen LogP contribution in [0.2, 0.25) is 0 Å². The van der Waals surface area contributed by atoms with Gasteiger partial charge >= 0.3 is 11.7 Å². The van der Waals surface area contributed by atoms with Crippen LogP contribution in [0.3, 0.4) is 0 Å². The first-order valence-corrected chi connectivity index (χ1v) is 4.69. The maximum atomic E-state index is 13.1. The van der Waals surface area contributed by atoms with E-state index < -0.39 is 11.8 Å². The van der Waals surface area contributed by atoms with Gasteiger partial charge in [0.05, 0.1) is 4.91 Å². The van der Waals surface area contributed by atoms with Gasteiger partial charge in [0.1, 0.15) is 18.0 Å². The molecule has 0 atom stereocenters. The standard InChI is InChI=1S/C10H11FN2O4/c1-12(6-10(14)15)9-5-7(11)3-4-8(9)13(16)17-2/h3-5H,6H2,1-2H3/p+1. The van der Waals surface area contributed by atoms with Crippen LogP contribution in [0, 0.1) is 10.7 Å². The first-order valence-electron chi connectivity index (χ1n) is 4.69. The van der Waals surface area contributed by atoms with Gasteiger partial charge in [-0.3, -0.25) is 4.79 Å². The molecule has 0 heterocycles. The number of rotatable bonds is 5. The van der Waals surface area contributed by atoms with Gasteiger partial charge < -0.3 is 10.0 Å². The van der Waals surface area contributed by atoms with Crippen molar-refractivity contribution < 1.29 is 24.1 Å². The molecular weight excluding hydrogens is 231 g/mol. The van der Waals surface area contributed by atoms with Crippen LogP contribution in [-0.2, 0) is 9.63 Å². The fourth-order valence-corrected chi connectivity index (χ4v) is 1.34. The van der Waals surface area contributed by atoms with E-state index in [-0.39, 0.29) is 22.8 Å². The zero-order chi connectivity index (χ0) is 13.0. The molecule has 0 aromatic heterocycles. The fourth-order valence-electron chi connectivity index (χ4n) is 1.34. The summed E-state index contributed by atoms with van der Waals surface area (Å²) in [6.07, 6.45) is 0. The van der Waals surface area contributed by atoms with Gasteiger partial charge in [-0.1, -0.05) is 0 Å². The normalized spacial score (nSPS) is 9.82. The van der Waals surface area contributed by atoms with Gasteiger partial charge in [0.25, 0.3) is 4.92 Å². The van der Waals surface area contributed by atoms with Crippen molar-refractivity contribution in [3.05, 3.63) is 28.9 Å². The molecule has 0 spiro atoms. The van der Waals surface area contributed by atoms with Crippen LogP contribution in [0.25, 0.3) is 0 Å². The van der Waals surface area contributed by atoms with E-state index in [9.17, 15) is 14.1 Å². The smallest absolute Gasteiger partial charge is 0.339 e. The van der Waals surface area contributed by atoms with Crippen LogP contribution >= 0.6 is 0 Å². The first kappa shape index (κ1) is 12.9. The number of likely N-dealkylation sites (N-methyl/N-ethyl adjacent to an activating group) is 1. The lowest BCUT2D eigenvalue weighted by molar-refractivity contribution is -0.736. The minimum atomic E-state index is -1.09. The van der Waals surface area contributed by atoms with Crippen molar-refractivity contribution in [1.29, 1.82) is 0 Å². The van der Waals surface area contributed by atoms with Gasteiger partial charge in [0.15, 0.2) is 7.11 Å². The molecule has 1 aromatic rings. The minimum absolute atomic E-state index is 0.0395. The molecule has 0 radical (unpaired) electrons. The molecule has 0 unspecified atom stereocenters. The number of hydrogen-bond donors (Lipinski definition) is 1. The van der Waals surface area contributed by atoms with Crippen molar-refractivity contribution >= 4 is 17.3 Å².